The van der Waals surface area contributed by atoms with Gasteiger partial charge in [-0.3, -0.25) is 5.10 Å². The number of hydrogen-bond acceptors (Lipinski definition) is 3. The summed E-state index contributed by atoms with van der Waals surface area (Å²) in [7, 11) is 1.79. The fourth-order valence-corrected chi connectivity index (χ4v) is 3.13. The van der Waals surface area contributed by atoms with Gasteiger partial charge in [-0.15, -0.1) is 0 Å². The zero-order valence-corrected chi connectivity index (χ0v) is 15.6. The first-order valence-corrected chi connectivity index (χ1v) is 9.25. The molecule has 7 nitrogen and oxygen atoms in total. The molecule has 1 aliphatic rings. The largest absolute Gasteiger partial charge is 0.332 e. The third-order valence-electron chi connectivity index (χ3n) is 5.13. The monoisotopic (exact) mass is 364 g/mol. The summed E-state index contributed by atoms with van der Waals surface area (Å²) in [5, 5.41) is 10.4. The zero-order valence-electron chi connectivity index (χ0n) is 15.6. The molecule has 2 N–H and O–H groups in total. The fraction of sp³-hybridized carbons (Fsp3) is 0.350. The van der Waals surface area contributed by atoms with Crippen molar-refractivity contribution in [1.29, 1.82) is 0 Å². The van der Waals surface area contributed by atoms with Crippen molar-refractivity contribution in [2.75, 3.05) is 7.05 Å². The van der Waals surface area contributed by atoms with Crippen molar-refractivity contribution in [2.24, 2.45) is 0 Å². The lowest BCUT2D eigenvalue weighted by Gasteiger charge is -2.24. The lowest BCUT2D eigenvalue weighted by molar-refractivity contribution is 0.192. The van der Waals surface area contributed by atoms with E-state index in [2.05, 4.69) is 25.1 Å². The molecule has 2 heterocycles. The number of nitrogens with one attached hydrogen (secondary N) is 2. The number of aromatic nitrogens is 4. The molecular formula is C20H24N6O. The summed E-state index contributed by atoms with van der Waals surface area (Å²) in [5.41, 5.74) is 3.86. The van der Waals surface area contributed by atoms with Crippen LogP contribution in [0.2, 0.25) is 0 Å². The predicted octanol–water partition coefficient (Wildman–Crippen LogP) is 3.51. The highest BCUT2D eigenvalue weighted by Gasteiger charge is 2.25. The summed E-state index contributed by atoms with van der Waals surface area (Å²) >= 11 is 0. The van der Waals surface area contributed by atoms with Crippen molar-refractivity contribution in [2.45, 2.75) is 38.4 Å². The van der Waals surface area contributed by atoms with E-state index < -0.39 is 0 Å². The minimum absolute atomic E-state index is 0.122. The maximum absolute atomic E-state index is 12.6. The molecule has 7 heteroatoms. The molecule has 2 amide bonds. The Labute approximate surface area is 158 Å². The van der Waals surface area contributed by atoms with Crippen LogP contribution in [0.15, 0.2) is 48.9 Å². The highest BCUT2D eigenvalue weighted by atomic mass is 16.2. The van der Waals surface area contributed by atoms with Crippen molar-refractivity contribution >= 4 is 6.03 Å². The number of amides is 2. The van der Waals surface area contributed by atoms with Crippen molar-refractivity contribution < 1.29 is 4.79 Å². The SMILES string of the molecule is C[C@H](c1cc(-c2ccccc2)n[nH]1)N(C)C(=O)NCc1cncn1C1CC1. The van der Waals surface area contributed by atoms with Crippen LogP contribution in [0.3, 0.4) is 0 Å². The van der Waals surface area contributed by atoms with Crippen LogP contribution in [0, 0.1) is 0 Å². The van der Waals surface area contributed by atoms with Crippen LogP contribution in [-0.4, -0.2) is 37.7 Å². The second kappa shape index (κ2) is 7.26. The molecule has 0 radical (unpaired) electrons. The minimum atomic E-state index is -0.123. The van der Waals surface area contributed by atoms with Crippen LogP contribution in [0.25, 0.3) is 11.3 Å². The van der Waals surface area contributed by atoms with Crippen molar-refractivity contribution in [1.82, 2.24) is 30.0 Å². The zero-order chi connectivity index (χ0) is 18.8. The minimum Gasteiger partial charge on any atom is -0.332 e. The number of aromatic amines is 1. The van der Waals surface area contributed by atoms with Crippen LogP contribution in [0.1, 0.15) is 43.2 Å². The summed E-state index contributed by atoms with van der Waals surface area (Å²) in [6, 6.07) is 12.3. The van der Waals surface area contributed by atoms with Crippen LogP contribution >= 0.6 is 0 Å². The molecule has 0 saturated heterocycles. The first-order chi connectivity index (χ1) is 13.1. The number of hydrogen-bond donors (Lipinski definition) is 2. The average Bonchev–Trinajstić information content (AvgIpc) is 3.23. The van der Waals surface area contributed by atoms with Gasteiger partial charge in [0.25, 0.3) is 0 Å². The van der Waals surface area contributed by atoms with Gasteiger partial charge in [-0.2, -0.15) is 5.10 Å². The number of benzene rings is 1. The van der Waals surface area contributed by atoms with E-state index in [0.717, 1.165) is 22.6 Å². The maximum atomic E-state index is 12.6. The molecule has 4 rings (SSSR count). The van der Waals surface area contributed by atoms with E-state index in [-0.39, 0.29) is 12.1 Å². The Morgan fingerprint density at radius 2 is 2.15 bits per heavy atom. The van der Waals surface area contributed by atoms with E-state index in [0.29, 0.717) is 12.6 Å². The molecule has 1 aliphatic carbocycles. The second-order valence-corrected chi connectivity index (χ2v) is 7.04. The number of carbonyl (C=O) groups excluding carboxylic acids is 1. The molecular weight excluding hydrogens is 340 g/mol. The van der Waals surface area contributed by atoms with Gasteiger partial charge in [0.05, 0.1) is 36.0 Å². The van der Waals surface area contributed by atoms with Gasteiger partial charge < -0.3 is 14.8 Å². The Bertz CT molecular complexity index is 911. The number of carbonyl (C=O) groups is 1. The standard InChI is InChI=1S/C20H24N6O/c1-14(18-10-19(24-23-18)15-6-4-3-5-7-15)25(2)20(27)22-12-17-11-21-13-26(17)16-8-9-16/h3-7,10-11,13-14,16H,8-9,12H2,1-2H3,(H,22,27)(H,23,24)/t14-/m1/s1. The highest BCUT2D eigenvalue weighted by molar-refractivity contribution is 5.74. The second-order valence-electron chi connectivity index (χ2n) is 7.04. The van der Waals surface area contributed by atoms with Gasteiger partial charge in [-0.1, -0.05) is 30.3 Å². The molecule has 0 spiro atoms. The van der Waals surface area contributed by atoms with Crippen molar-refractivity contribution in [3.05, 3.63) is 60.3 Å². The van der Waals surface area contributed by atoms with Crippen molar-refractivity contribution in [3.63, 3.8) is 0 Å². The van der Waals surface area contributed by atoms with Crippen molar-refractivity contribution in [3.8, 4) is 11.3 Å². The van der Waals surface area contributed by atoms with Gasteiger partial charge in [0.1, 0.15) is 0 Å². The van der Waals surface area contributed by atoms with E-state index >= 15 is 0 Å². The van der Waals surface area contributed by atoms with E-state index in [9.17, 15) is 4.79 Å². The van der Waals surface area contributed by atoms with Gasteiger partial charge in [0.15, 0.2) is 0 Å². The predicted molar refractivity (Wildman–Crippen MR) is 103 cm³/mol. The Balaban J connectivity index is 1.38. The highest BCUT2D eigenvalue weighted by Crippen LogP contribution is 2.35. The van der Waals surface area contributed by atoms with E-state index in [1.54, 1.807) is 11.9 Å². The van der Waals surface area contributed by atoms with Crippen LogP contribution < -0.4 is 5.32 Å². The molecule has 0 bridgehead atoms. The van der Waals surface area contributed by atoms with Gasteiger partial charge in [0.2, 0.25) is 0 Å². The van der Waals surface area contributed by atoms with E-state index in [1.807, 2.05) is 55.8 Å². The maximum Gasteiger partial charge on any atom is 0.318 e. The van der Waals surface area contributed by atoms with E-state index in [1.165, 1.54) is 12.8 Å². The van der Waals surface area contributed by atoms with Gasteiger partial charge >= 0.3 is 6.03 Å². The van der Waals surface area contributed by atoms with Crippen LogP contribution in [-0.2, 0) is 6.54 Å². The Morgan fingerprint density at radius 3 is 2.89 bits per heavy atom. The number of nitrogens with zero attached hydrogens (tertiary/aromatic N) is 4. The number of rotatable bonds is 6. The molecule has 0 unspecified atom stereocenters. The molecule has 3 aromatic rings. The summed E-state index contributed by atoms with van der Waals surface area (Å²) in [6.45, 7) is 2.46. The summed E-state index contributed by atoms with van der Waals surface area (Å²) < 4.78 is 2.16. The summed E-state index contributed by atoms with van der Waals surface area (Å²) in [6.07, 6.45) is 6.06. The molecule has 0 aliphatic heterocycles. The normalized spacial score (nSPS) is 14.7. The third-order valence-corrected chi connectivity index (χ3v) is 5.13. The van der Waals surface area contributed by atoms with Crippen LogP contribution in [0.4, 0.5) is 4.79 Å². The topological polar surface area (TPSA) is 78.8 Å². The molecule has 1 saturated carbocycles. The Hall–Kier alpha value is -3.09. The molecule has 1 atom stereocenters. The fourth-order valence-electron chi connectivity index (χ4n) is 3.13. The lowest BCUT2D eigenvalue weighted by atomic mass is 10.1. The van der Waals surface area contributed by atoms with Gasteiger partial charge in [-0.25, -0.2) is 9.78 Å². The first kappa shape index (κ1) is 17.3. The number of H-pyrrole nitrogens is 1. The first-order valence-electron chi connectivity index (χ1n) is 9.25. The molecule has 27 heavy (non-hydrogen) atoms. The van der Waals surface area contributed by atoms with E-state index in [4.69, 9.17) is 0 Å². The van der Waals surface area contributed by atoms with Gasteiger partial charge in [-0.05, 0) is 25.8 Å². The molecule has 140 valence electrons. The average molecular weight is 364 g/mol. The molecule has 2 aromatic heterocycles. The quantitative estimate of drug-likeness (QED) is 0.702. The lowest BCUT2D eigenvalue weighted by Crippen LogP contribution is -2.38. The third kappa shape index (κ3) is 3.72. The smallest absolute Gasteiger partial charge is 0.318 e. The van der Waals surface area contributed by atoms with Gasteiger partial charge in [0, 0.05) is 24.8 Å². The molecule has 1 fully saturated rings. The Morgan fingerprint density at radius 1 is 1.37 bits per heavy atom. The summed E-state index contributed by atoms with van der Waals surface area (Å²) in [5.74, 6) is 0. The van der Waals surface area contributed by atoms with Crippen LogP contribution in [0.5, 0.6) is 0 Å². The number of urea groups is 1. The molecule has 1 aromatic carbocycles. The number of imidazole rings is 1. The Kier molecular flexibility index (Phi) is 4.66. The summed E-state index contributed by atoms with van der Waals surface area (Å²) in [4.78, 5) is 18.5.